The molecule has 15 atom stereocenters. The Morgan fingerprint density at radius 2 is 1.61 bits per heavy atom. The quantitative estimate of drug-likeness (QED) is 0.0787. The SMILES string of the molecule is COC(=O)N(O)[C@@H]1C[C@@H]2CC[C@@H](C)[C@@](O)(O2)C(=O)C(=O)N2CCCC[C@H]2C(=O)O[C@H]([C@H](C)C[C@@H]2CC[C@@H](O)[C@H](OC)C2)CC(=O)[C@H](C)/C=C(\C)[C@@H](O)[C@@H](OC)C(=O)[C@H](C)C[C@H](C)/C=C/C=C/C=C/1C. The van der Waals surface area contributed by atoms with Crippen LogP contribution < -0.4 is 0 Å². The summed E-state index contributed by atoms with van der Waals surface area (Å²) in [4.78, 5) is 84.7. The van der Waals surface area contributed by atoms with E-state index in [1.165, 1.54) is 7.11 Å². The molecule has 1 aliphatic carbocycles. The molecule has 17 nitrogen and oxygen atoms in total. The summed E-state index contributed by atoms with van der Waals surface area (Å²) in [6.07, 6.45) is 8.06. The summed E-state index contributed by atoms with van der Waals surface area (Å²) in [5.74, 6) is -8.93. The Bertz CT molecular complexity index is 1910. The maximum absolute atomic E-state index is 14.4. The number of aliphatic hydroxyl groups excluding tert-OH is 2. The summed E-state index contributed by atoms with van der Waals surface area (Å²) in [5, 5.41) is 45.4. The standard InChI is InChI=1S/C52H80N2O15/c1-30-16-12-11-13-17-31(2)40(54(64)51(62)67-10)28-38-21-19-36(7)52(63,69-38)48(59)49(60)53-23-15-14-18-39(53)50(61)68-43(33(4)26-37-20-22-41(55)44(27-37)65-8)29-42(56)32(3)25-35(6)46(58)47(66-9)45(57)34(5)24-30/h11-13,16-17,25,30,32-34,36-41,43-44,46-47,55,58,63-64H,14-15,18-24,26-29H2,1-10H3/b13-11+,16-12+,31-17+,35-25+/t30-,32-,33-,34-,36-,37+,38+,39+,40-,41-,43+,44-,46-,47+,52-/m1/s1. The van der Waals surface area contributed by atoms with E-state index in [0.29, 0.717) is 67.6 Å². The third-order valence-corrected chi connectivity index (χ3v) is 14.9. The third kappa shape index (κ3) is 15.0. The predicted molar refractivity (Wildman–Crippen MR) is 254 cm³/mol. The molecule has 4 N–H and O–H groups in total. The average molecular weight is 973 g/mol. The van der Waals surface area contributed by atoms with Gasteiger partial charge in [-0.15, -0.1) is 0 Å². The number of hydroxylamine groups is 2. The molecular formula is C52H80N2O15. The lowest BCUT2D eigenvalue weighted by Crippen LogP contribution is -2.61. The van der Waals surface area contributed by atoms with E-state index in [0.717, 1.165) is 12.0 Å². The lowest BCUT2D eigenvalue weighted by Gasteiger charge is -2.43. The number of methoxy groups -OCH3 is 3. The van der Waals surface area contributed by atoms with Crippen molar-refractivity contribution in [1.29, 1.82) is 0 Å². The Balaban J connectivity index is 1.75. The number of hydrogen-bond donors (Lipinski definition) is 4. The van der Waals surface area contributed by atoms with Gasteiger partial charge in [-0.1, -0.05) is 71.1 Å². The number of fused-ring (bicyclic) bond motifs is 3. The molecule has 0 radical (unpaired) electrons. The van der Waals surface area contributed by atoms with E-state index >= 15 is 0 Å². The summed E-state index contributed by atoms with van der Waals surface area (Å²) in [6, 6.07) is -2.26. The van der Waals surface area contributed by atoms with Crippen molar-refractivity contribution < 1.29 is 73.0 Å². The van der Waals surface area contributed by atoms with Crippen LogP contribution in [0.1, 0.15) is 126 Å². The number of aliphatic hydroxyl groups is 3. The zero-order valence-corrected chi connectivity index (χ0v) is 42.4. The number of hydrogen-bond acceptors (Lipinski definition) is 15. The van der Waals surface area contributed by atoms with Gasteiger partial charge in [-0.25, -0.2) is 9.59 Å². The molecule has 0 unspecified atom stereocenters. The topological polar surface area (TPSA) is 236 Å². The fraction of sp³-hybridized carbons (Fsp3) is 0.731. The van der Waals surface area contributed by atoms with Crippen LogP contribution in [0, 0.1) is 35.5 Å². The van der Waals surface area contributed by atoms with Crippen LogP contribution in [-0.4, -0.2) is 148 Å². The van der Waals surface area contributed by atoms with Crippen LogP contribution >= 0.6 is 0 Å². The van der Waals surface area contributed by atoms with Crippen molar-refractivity contribution >= 4 is 35.3 Å². The molecule has 4 rings (SSSR count). The Labute approximate surface area is 408 Å². The number of piperidine rings is 1. The monoisotopic (exact) mass is 973 g/mol. The smallest absolute Gasteiger partial charge is 0.434 e. The maximum Gasteiger partial charge on any atom is 0.434 e. The first-order chi connectivity index (χ1) is 32.6. The predicted octanol–water partition coefficient (Wildman–Crippen LogP) is 5.99. The number of carbonyl (C=O) groups excluding carboxylic acids is 6. The molecule has 0 spiro atoms. The van der Waals surface area contributed by atoms with Gasteiger partial charge in [-0.2, -0.15) is 5.06 Å². The lowest BCUT2D eigenvalue weighted by molar-refractivity contribution is -0.266. The van der Waals surface area contributed by atoms with Gasteiger partial charge in [0, 0.05) is 51.4 Å². The lowest BCUT2D eigenvalue weighted by atomic mass is 9.78. The highest BCUT2D eigenvalue weighted by Gasteiger charge is 2.53. The van der Waals surface area contributed by atoms with E-state index in [1.807, 2.05) is 19.9 Å². The largest absolute Gasteiger partial charge is 0.460 e. The minimum absolute atomic E-state index is 0.0135. The average Bonchev–Trinajstić information content (AvgIpc) is 3.32. The Kier molecular flexibility index (Phi) is 22.0. The van der Waals surface area contributed by atoms with Crippen LogP contribution in [0.25, 0.3) is 0 Å². The van der Waals surface area contributed by atoms with Crippen molar-refractivity contribution in [2.45, 2.75) is 180 Å². The van der Waals surface area contributed by atoms with Crippen molar-refractivity contribution in [2.75, 3.05) is 27.9 Å². The molecule has 69 heavy (non-hydrogen) atoms. The fourth-order valence-corrected chi connectivity index (χ4v) is 10.4. The van der Waals surface area contributed by atoms with E-state index in [2.05, 4.69) is 0 Å². The number of Topliss-reactive ketones (excluding diaryl/α,β-unsaturated/α-hetero) is 3. The number of cyclic esters (lactones) is 1. The van der Waals surface area contributed by atoms with Crippen LogP contribution in [0.4, 0.5) is 4.79 Å². The van der Waals surface area contributed by atoms with Gasteiger partial charge in [0.2, 0.25) is 5.79 Å². The number of ketones is 3. The molecule has 0 aromatic rings. The van der Waals surface area contributed by atoms with Gasteiger partial charge >= 0.3 is 12.1 Å². The van der Waals surface area contributed by atoms with Crippen LogP contribution in [0.5, 0.6) is 0 Å². The summed E-state index contributed by atoms with van der Waals surface area (Å²) >= 11 is 0. The maximum atomic E-state index is 14.4. The summed E-state index contributed by atoms with van der Waals surface area (Å²) in [5.41, 5.74) is 0.852. The van der Waals surface area contributed by atoms with Crippen LogP contribution in [-0.2, 0) is 47.7 Å². The van der Waals surface area contributed by atoms with Crippen LogP contribution in [0.15, 0.2) is 47.6 Å². The Hall–Kier alpha value is -4.10. The second-order valence-corrected chi connectivity index (χ2v) is 20.2. The molecule has 2 amide bonds. The third-order valence-electron chi connectivity index (χ3n) is 14.9. The van der Waals surface area contributed by atoms with Gasteiger partial charge < -0.3 is 43.9 Å². The highest BCUT2D eigenvalue weighted by molar-refractivity contribution is 6.39. The molecule has 1 saturated carbocycles. The number of amides is 2. The normalized spacial score (nSPS) is 38.6. The summed E-state index contributed by atoms with van der Waals surface area (Å²) in [6.45, 7) is 12.2. The van der Waals surface area contributed by atoms with Crippen molar-refractivity contribution in [1.82, 2.24) is 9.96 Å². The second-order valence-electron chi connectivity index (χ2n) is 20.2. The highest BCUT2D eigenvalue weighted by Crippen LogP contribution is 2.38. The van der Waals surface area contributed by atoms with Gasteiger partial charge in [0.1, 0.15) is 30.1 Å². The number of nitrogens with zero attached hydrogens (tertiary/aromatic N) is 2. The van der Waals surface area contributed by atoms with Crippen molar-refractivity contribution in [3.8, 4) is 0 Å². The molecular weight excluding hydrogens is 893 g/mol. The fourth-order valence-electron chi connectivity index (χ4n) is 10.4. The van der Waals surface area contributed by atoms with Crippen LogP contribution in [0.2, 0.25) is 0 Å². The Morgan fingerprint density at radius 1 is 0.899 bits per heavy atom. The van der Waals surface area contributed by atoms with Crippen molar-refractivity contribution in [3.63, 3.8) is 0 Å². The number of rotatable bonds is 6. The number of carbonyl (C=O) groups is 6. The molecule has 3 aliphatic heterocycles. The molecule has 0 aromatic carbocycles. The highest BCUT2D eigenvalue weighted by atomic mass is 16.6. The van der Waals surface area contributed by atoms with E-state index in [4.69, 9.17) is 23.7 Å². The Morgan fingerprint density at radius 3 is 2.28 bits per heavy atom. The summed E-state index contributed by atoms with van der Waals surface area (Å²) < 4.78 is 28.3. The molecule has 3 heterocycles. The van der Waals surface area contributed by atoms with Crippen molar-refractivity contribution in [3.05, 3.63) is 47.6 Å². The second kappa shape index (κ2) is 26.4. The molecule has 388 valence electrons. The van der Waals surface area contributed by atoms with Gasteiger partial charge in [0.05, 0.1) is 31.5 Å². The van der Waals surface area contributed by atoms with Gasteiger partial charge in [0.15, 0.2) is 5.78 Å². The minimum atomic E-state index is -2.61. The number of esters is 1. The first-order valence-electron chi connectivity index (χ1n) is 24.8. The van der Waals surface area contributed by atoms with Crippen molar-refractivity contribution in [2.24, 2.45) is 35.5 Å². The molecule has 2 saturated heterocycles. The van der Waals surface area contributed by atoms with Gasteiger partial charge in [-0.3, -0.25) is 24.4 Å². The minimum Gasteiger partial charge on any atom is -0.460 e. The molecule has 0 aromatic heterocycles. The number of ether oxygens (including phenoxy) is 5. The van der Waals surface area contributed by atoms with Crippen LogP contribution in [0.3, 0.4) is 0 Å². The molecule has 3 fully saturated rings. The van der Waals surface area contributed by atoms with Gasteiger partial charge in [-0.05, 0) is 107 Å². The van der Waals surface area contributed by atoms with E-state index in [1.54, 1.807) is 72.1 Å². The molecule has 17 heteroatoms. The van der Waals surface area contributed by atoms with Gasteiger partial charge in [0.25, 0.3) is 11.7 Å². The first-order valence-corrected chi connectivity index (χ1v) is 24.8. The van der Waals surface area contributed by atoms with E-state index in [9.17, 15) is 49.3 Å². The first kappa shape index (κ1) is 57.5. The molecule has 4 aliphatic rings. The zero-order chi connectivity index (χ0) is 51.3. The van der Waals surface area contributed by atoms with E-state index < -0.39 is 89.9 Å². The molecule has 2 bridgehead atoms. The summed E-state index contributed by atoms with van der Waals surface area (Å²) in [7, 11) is 4.01. The zero-order valence-electron chi connectivity index (χ0n) is 42.4. The van der Waals surface area contributed by atoms with E-state index in [-0.39, 0.29) is 67.7 Å². The number of allylic oxidation sites excluding steroid dienone is 6.